The highest BCUT2D eigenvalue weighted by molar-refractivity contribution is 5.74. The smallest absolute Gasteiger partial charge is 0.317 e. The number of piperidine rings is 1. The highest BCUT2D eigenvalue weighted by atomic mass is 16.2. The Balaban J connectivity index is 1.60. The lowest BCUT2D eigenvalue weighted by molar-refractivity contribution is 0.113. The average Bonchev–Trinajstić information content (AvgIpc) is 2.97. The summed E-state index contributed by atoms with van der Waals surface area (Å²) in [5.41, 5.74) is 3.45. The Hall–Kier alpha value is -2.34. The Morgan fingerprint density at radius 1 is 1.27 bits per heavy atom. The van der Waals surface area contributed by atoms with E-state index in [0.717, 1.165) is 49.7 Å². The van der Waals surface area contributed by atoms with Gasteiger partial charge >= 0.3 is 6.03 Å². The number of nitrogens with zero attached hydrogens (tertiary/aromatic N) is 3. The molecule has 0 bridgehead atoms. The molecule has 26 heavy (non-hydrogen) atoms. The van der Waals surface area contributed by atoms with Crippen molar-refractivity contribution < 1.29 is 4.79 Å². The number of benzene rings is 1. The Morgan fingerprint density at radius 3 is 2.54 bits per heavy atom. The Kier molecular flexibility index (Phi) is 5.93. The number of hydrogen-bond acceptors (Lipinski definition) is 3. The number of aromatic nitrogens is 2. The van der Waals surface area contributed by atoms with E-state index >= 15 is 0 Å². The summed E-state index contributed by atoms with van der Waals surface area (Å²) in [6.45, 7) is 7.57. The summed E-state index contributed by atoms with van der Waals surface area (Å²) in [6.07, 6.45) is 1.98. The van der Waals surface area contributed by atoms with Crippen molar-refractivity contribution in [2.75, 3.05) is 20.1 Å². The van der Waals surface area contributed by atoms with Crippen LogP contribution in [0.3, 0.4) is 0 Å². The topological polar surface area (TPSA) is 64.3 Å². The van der Waals surface area contributed by atoms with Gasteiger partial charge in [0.05, 0.1) is 5.69 Å². The maximum atomic E-state index is 12.4. The van der Waals surface area contributed by atoms with Crippen molar-refractivity contribution in [1.82, 2.24) is 25.1 Å². The number of carbonyl (C=O) groups is 1. The van der Waals surface area contributed by atoms with Crippen LogP contribution >= 0.6 is 0 Å². The minimum atomic E-state index is 0.00562. The quantitative estimate of drug-likeness (QED) is 0.867. The van der Waals surface area contributed by atoms with E-state index in [0.29, 0.717) is 6.54 Å². The van der Waals surface area contributed by atoms with Crippen LogP contribution in [0.4, 0.5) is 4.79 Å². The third-order valence-corrected chi connectivity index (χ3v) is 5.15. The molecule has 1 aliphatic rings. The summed E-state index contributed by atoms with van der Waals surface area (Å²) in [4.78, 5) is 24.7. The first-order valence-electron chi connectivity index (χ1n) is 9.33. The number of carbonyl (C=O) groups excluding carboxylic acids is 1. The van der Waals surface area contributed by atoms with Gasteiger partial charge in [-0.2, -0.15) is 0 Å². The molecule has 6 heteroatoms. The van der Waals surface area contributed by atoms with E-state index in [1.807, 2.05) is 30.0 Å². The van der Waals surface area contributed by atoms with Gasteiger partial charge in [-0.05, 0) is 32.3 Å². The fourth-order valence-electron chi connectivity index (χ4n) is 3.70. The van der Waals surface area contributed by atoms with Gasteiger partial charge in [-0.15, -0.1) is 0 Å². The van der Waals surface area contributed by atoms with Crippen LogP contribution in [-0.2, 0) is 13.1 Å². The maximum absolute atomic E-state index is 12.4. The Labute approximate surface area is 155 Å². The van der Waals surface area contributed by atoms with E-state index in [9.17, 15) is 4.79 Å². The lowest BCUT2D eigenvalue weighted by atomic mass is 10.0. The van der Waals surface area contributed by atoms with Crippen LogP contribution in [0.25, 0.3) is 0 Å². The number of nitrogens with one attached hydrogen (secondary N) is 2. The Morgan fingerprint density at radius 2 is 1.96 bits per heavy atom. The van der Waals surface area contributed by atoms with Gasteiger partial charge in [0.2, 0.25) is 0 Å². The second-order valence-electron chi connectivity index (χ2n) is 7.07. The van der Waals surface area contributed by atoms with Crippen LogP contribution in [0.15, 0.2) is 30.3 Å². The van der Waals surface area contributed by atoms with Crippen molar-refractivity contribution >= 4 is 6.03 Å². The molecule has 0 unspecified atom stereocenters. The lowest BCUT2D eigenvalue weighted by Gasteiger charge is -2.38. The monoisotopic (exact) mass is 355 g/mol. The van der Waals surface area contributed by atoms with Crippen molar-refractivity contribution in [3.8, 4) is 0 Å². The summed E-state index contributed by atoms with van der Waals surface area (Å²) in [7, 11) is 1.71. The molecular weight excluding hydrogens is 326 g/mol. The fourth-order valence-corrected chi connectivity index (χ4v) is 3.70. The van der Waals surface area contributed by atoms with Gasteiger partial charge in [-0.3, -0.25) is 4.90 Å². The highest BCUT2D eigenvalue weighted by Gasteiger charge is 2.28. The van der Waals surface area contributed by atoms with Crippen LogP contribution in [-0.4, -0.2) is 52.0 Å². The van der Waals surface area contributed by atoms with Gasteiger partial charge in [0.25, 0.3) is 0 Å². The minimum Gasteiger partial charge on any atom is -0.346 e. The van der Waals surface area contributed by atoms with E-state index in [1.165, 1.54) is 5.56 Å². The van der Waals surface area contributed by atoms with E-state index in [2.05, 4.69) is 39.2 Å². The average molecular weight is 355 g/mol. The number of hydrogen-bond donors (Lipinski definition) is 2. The predicted octanol–water partition coefficient (Wildman–Crippen LogP) is 2.83. The van der Waals surface area contributed by atoms with E-state index in [-0.39, 0.29) is 12.1 Å². The van der Waals surface area contributed by atoms with Crippen molar-refractivity contribution in [1.29, 1.82) is 0 Å². The molecule has 1 fully saturated rings. The molecule has 0 atom stereocenters. The van der Waals surface area contributed by atoms with Gasteiger partial charge in [0.1, 0.15) is 5.82 Å². The molecule has 2 amide bonds. The molecular formula is C20H29N5O. The second-order valence-corrected chi connectivity index (χ2v) is 7.07. The van der Waals surface area contributed by atoms with E-state index in [1.54, 1.807) is 7.05 Å². The molecule has 1 aromatic heterocycles. The van der Waals surface area contributed by atoms with Crippen LogP contribution in [0, 0.1) is 13.8 Å². The van der Waals surface area contributed by atoms with Gasteiger partial charge < -0.3 is 15.2 Å². The summed E-state index contributed by atoms with van der Waals surface area (Å²) >= 11 is 0. The standard InChI is InChI=1S/C20H29N5O/c1-15-19(23-16(2)22-15)14-24-11-9-18(10-12-24)25(20(26)21-3)13-17-7-5-4-6-8-17/h4-8,18H,9-14H2,1-3H3,(H,21,26)(H,22,23). The number of H-pyrrole nitrogens is 1. The van der Waals surface area contributed by atoms with Gasteiger partial charge in [-0.1, -0.05) is 30.3 Å². The molecule has 140 valence electrons. The minimum absolute atomic E-state index is 0.00562. The SMILES string of the molecule is CNC(=O)N(Cc1ccccc1)C1CCN(Cc2nc(C)[nH]c2C)CC1. The van der Waals surface area contributed by atoms with Crippen LogP contribution < -0.4 is 5.32 Å². The van der Waals surface area contributed by atoms with Gasteiger partial charge in [0, 0.05) is 45.0 Å². The molecule has 0 spiro atoms. The number of rotatable bonds is 5. The molecule has 0 saturated carbocycles. The number of urea groups is 1. The Bertz CT molecular complexity index is 719. The number of imidazole rings is 1. The predicted molar refractivity (Wildman–Crippen MR) is 103 cm³/mol. The van der Waals surface area contributed by atoms with E-state index in [4.69, 9.17) is 0 Å². The summed E-state index contributed by atoms with van der Waals surface area (Å²) in [5.74, 6) is 0.973. The number of amides is 2. The first-order valence-corrected chi connectivity index (χ1v) is 9.33. The molecule has 2 N–H and O–H groups in total. The van der Waals surface area contributed by atoms with Crippen LogP contribution in [0.1, 0.15) is 35.6 Å². The molecule has 1 aromatic carbocycles. The number of aromatic amines is 1. The molecule has 6 nitrogen and oxygen atoms in total. The maximum Gasteiger partial charge on any atom is 0.317 e. The van der Waals surface area contributed by atoms with E-state index < -0.39 is 0 Å². The van der Waals surface area contributed by atoms with Gasteiger partial charge in [0.15, 0.2) is 0 Å². The second kappa shape index (κ2) is 8.36. The zero-order valence-electron chi connectivity index (χ0n) is 16.0. The molecule has 3 rings (SSSR count). The third-order valence-electron chi connectivity index (χ3n) is 5.15. The lowest BCUT2D eigenvalue weighted by Crippen LogP contribution is -2.49. The summed E-state index contributed by atoms with van der Waals surface area (Å²) in [5, 5.41) is 2.80. The molecule has 0 radical (unpaired) electrons. The van der Waals surface area contributed by atoms with Crippen LogP contribution in [0.5, 0.6) is 0 Å². The first kappa shape index (κ1) is 18.5. The zero-order chi connectivity index (χ0) is 18.5. The highest BCUT2D eigenvalue weighted by Crippen LogP contribution is 2.21. The van der Waals surface area contributed by atoms with Gasteiger partial charge in [-0.25, -0.2) is 9.78 Å². The zero-order valence-corrected chi connectivity index (χ0v) is 16.0. The number of likely N-dealkylation sites (tertiary alicyclic amines) is 1. The van der Waals surface area contributed by atoms with Crippen molar-refractivity contribution in [3.05, 3.63) is 53.1 Å². The fraction of sp³-hybridized carbons (Fsp3) is 0.500. The molecule has 1 aliphatic heterocycles. The normalized spacial score (nSPS) is 15.8. The van der Waals surface area contributed by atoms with Crippen molar-refractivity contribution in [3.63, 3.8) is 0 Å². The molecule has 2 heterocycles. The molecule has 1 saturated heterocycles. The largest absolute Gasteiger partial charge is 0.346 e. The summed E-state index contributed by atoms with van der Waals surface area (Å²) < 4.78 is 0. The third kappa shape index (κ3) is 4.43. The van der Waals surface area contributed by atoms with Crippen LogP contribution in [0.2, 0.25) is 0 Å². The van der Waals surface area contributed by atoms with Crippen molar-refractivity contribution in [2.45, 2.75) is 45.8 Å². The van der Waals surface area contributed by atoms with Crippen molar-refractivity contribution in [2.24, 2.45) is 0 Å². The summed E-state index contributed by atoms with van der Waals surface area (Å²) in [6, 6.07) is 10.5. The first-order chi connectivity index (χ1) is 12.6. The number of aryl methyl sites for hydroxylation is 2. The molecule has 0 aliphatic carbocycles. The molecule has 2 aromatic rings.